The first-order chi connectivity index (χ1) is 9.11. The Hall–Kier alpha value is -2.77. The summed E-state index contributed by atoms with van der Waals surface area (Å²) in [4.78, 5) is 7.98. The molecule has 0 unspecified atom stereocenters. The Bertz CT molecular complexity index is 714. The summed E-state index contributed by atoms with van der Waals surface area (Å²) in [7, 11) is 0. The van der Waals surface area contributed by atoms with Crippen molar-refractivity contribution in [1.82, 2.24) is 25.3 Å². The highest BCUT2D eigenvalue weighted by atomic mass is 19.1. The van der Waals surface area contributed by atoms with E-state index < -0.39 is 0 Å². The number of H-pyrrole nitrogens is 1. The Morgan fingerprint density at radius 1 is 1.26 bits per heavy atom. The largest absolute Gasteiger partial charge is 0.366 e. The van der Waals surface area contributed by atoms with Gasteiger partial charge in [0, 0.05) is 5.56 Å². The van der Waals surface area contributed by atoms with Gasteiger partial charge in [-0.3, -0.25) is 5.10 Å². The molecule has 0 bridgehead atoms. The van der Waals surface area contributed by atoms with Crippen molar-refractivity contribution in [3.05, 3.63) is 29.6 Å². The van der Waals surface area contributed by atoms with E-state index in [-0.39, 0.29) is 29.3 Å². The van der Waals surface area contributed by atoms with Crippen LogP contribution in [0.4, 0.5) is 10.3 Å². The fraction of sp³-hybridized carbons (Fsp3) is 0.0909. The molecule has 96 valence electrons. The van der Waals surface area contributed by atoms with Crippen molar-refractivity contribution in [3.63, 3.8) is 0 Å². The first-order valence-electron chi connectivity index (χ1n) is 5.41. The lowest BCUT2D eigenvalue weighted by molar-refractivity contribution is 0.429. The topological polar surface area (TPSA) is 107 Å². The monoisotopic (exact) mass is 260 g/mol. The van der Waals surface area contributed by atoms with Crippen LogP contribution in [0.25, 0.3) is 23.1 Å². The fourth-order valence-electron chi connectivity index (χ4n) is 1.67. The summed E-state index contributed by atoms with van der Waals surface area (Å²) in [6.07, 6.45) is 0. The Morgan fingerprint density at radius 3 is 2.79 bits per heavy atom. The van der Waals surface area contributed by atoms with Gasteiger partial charge in [0.2, 0.25) is 17.6 Å². The average molecular weight is 260 g/mol. The molecule has 0 amide bonds. The van der Waals surface area contributed by atoms with Crippen LogP contribution in [-0.4, -0.2) is 25.3 Å². The minimum Gasteiger partial charge on any atom is -0.366 e. The number of benzene rings is 1. The number of halogens is 1. The summed E-state index contributed by atoms with van der Waals surface area (Å²) in [6, 6.07) is 4.50. The van der Waals surface area contributed by atoms with Crippen LogP contribution in [0, 0.1) is 12.7 Å². The van der Waals surface area contributed by atoms with E-state index in [9.17, 15) is 4.39 Å². The van der Waals surface area contributed by atoms with Gasteiger partial charge in [0.1, 0.15) is 5.82 Å². The Labute approximate surface area is 106 Å². The molecule has 1 aromatic carbocycles. The zero-order chi connectivity index (χ0) is 13.4. The standard InChI is InChI=1S/C11H9FN6O/c1-5-2-6(4-7(12)3-5)8-14-10(19-18-8)9-15-11(13)17-16-9/h2-4H,1H3,(H3,13,15,16,17). The molecule has 0 spiro atoms. The second-order valence-electron chi connectivity index (χ2n) is 3.98. The Morgan fingerprint density at radius 2 is 2.11 bits per heavy atom. The van der Waals surface area contributed by atoms with E-state index in [0.29, 0.717) is 5.56 Å². The molecule has 2 aromatic heterocycles. The van der Waals surface area contributed by atoms with Gasteiger partial charge < -0.3 is 10.3 Å². The van der Waals surface area contributed by atoms with E-state index in [1.165, 1.54) is 12.1 Å². The molecule has 3 N–H and O–H groups in total. The maximum atomic E-state index is 13.3. The zero-order valence-corrected chi connectivity index (χ0v) is 9.88. The van der Waals surface area contributed by atoms with E-state index in [4.69, 9.17) is 10.3 Å². The maximum absolute atomic E-state index is 13.3. The number of nitrogen functional groups attached to an aromatic ring is 1. The molecule has 2 heterocycles. The SMILES string of the molecule is Cc1cc(F)cc(-c2noc(-c3nc(N)n[nH]3)n2)c1. The number of aryl methyl sites for hydroxylation is 1. The van der Waals surface area contributed by atoms with Gasteiger partial charge in [-0.1, -0.05) is 5.16 Å². The number of nitrogens with zero attached hydrogens (tertiary/aromatic N) is 4. The second-order valence-corrected chi connectivity index (χ2v) is 3.98. The number of anilines is 1. The third kappa shape index (κ3) is 2.15. The van der Waals surface area contributed by atoms with Crippen LogP contribution in [0.2, 0.25) is 0 Å². The summed E-state index contributed by atoms with van der Waals surface area (Å²) >= 11 is 0. The molecule has 8 heteroatoms. The van der Waals surface area contributed by atoms with Crippen LogP contribution in [0.5, 0.6) is 0 Å². The van der Waals surface area contributed by atoms with Crippen LogP contribution in [0.15, 0.2) is 22.7 Å². The molecule has 0 fully saturated rings. The molecule has 19 heavy (non-hydrogen) atoms. The van der Waals surface area contributed by atoms with Crippen molar-refractivity contribution in [2.75, 3.05) is 5.73 Å². The van der Waals surface area contributed by atoms with Gasteiger partial charge in [0.15, 0.2) is 0 Å². The molecule has 0 saturated heterocycles. The van der Waals surface area contributed by atoms with Gasteiger partial charge >= 0.3 is 0 Å². The molecule has 3 rings (SSSR count). The predicted octanol–water partition coefficient (Wildman–Crippen LogP) is 1.55. The lowest BCUT2D eigenvalue weighted by Gasteiger charge is -1.97. The minimum atomic E-state index is -0.356. The van der Waals surface area contributed by atoms with E-state index in [1.54, 1.807) is 13.0 Å². The average Bonchev–Trinajstić information content (AvgIpc) is 2.95. The van der Waals surface area contributed by atoms with Crippen LogP contribution < -0.4 is 5.73 Å². The summed E-state index contributed by atoms with van der Waals surface area (Å²) in [5, 5.41) is 9.98. The molecule has 0 aliphatic rings. The van der Waals surface area contributed by atoms with Crippen LogP contribution in [0.3, 0.4) is 0 Å². The lowest BCUT2D eigenvalue weighted by atomic mass is 10.1. The quantitative estimate of drug-likeness (QED) is 0.724. The van der Waals surface area contributed by atoms with Crippen molar-refractivity contribution in [1.29, 1.82) is 0 Å². The Kier molecular flexibility index (Phi) is 2.48. The van der Waals surface area contributed by atoms with Crippen LogP contribution >= 0.6 is 0 Å². The van der Waals surface area contributed by atoms with Crippen molar-refractivity contribution < 1.29 is 8.91 Å². The molecule has 0 atom stereocenters. The number of rotatable bonds is 2. The molecule has 0 aliphatic heterocycles. The highest BCUT2D eigenvalue weighted by molar-refractivity contribution is 5.58. The normalized spacial score (nSPS) is 10.8. The summed E-state index contributed by atoms with van der Waals surface area (Å²) in [5.41, 5.74) is 6.68. The summed E-state index contributed by atoms with van der Waals surface area (Å²) in [5.74, 6) is 0.402. The van der Waals surface area contributed by atoms with Crippen molar-refractivity contribution in [3.8, 4) is 23.1 Å². The highest BCUT2D eigenvalue weighted by Crippen LogP contribution is 2.21. The van der Waals surface area contributed by atoms with Gasteiger partial charge in [-0.2, -0.15) is 9.97 Å². The number of nitrogens with one attached hydrogen (secondary N) is 1. The third-order valence-corrected chi connectivity index (χ3v) is 2.43. The van der Waals surface area contributed by atoms with Crippen LogP contribution in [-0.2, 0) is 0 Å². The maximum Gasteiger partial charge on any atom is 0.295 e. The number of hydrogen-bond acceptors (Lipinski definition) is 6. The molecule has 0 aliphatic carbocycles. The van der Waals surface area contributed by atoms with Crippen LogP contribution in [0.1, 0.15) is 5.56 Å². The van der Waals surface area contributed by atoms with E-state index in [0.717, 1.165) is 5.56 Å². The zero-order valence-electron chi connectivity index (χ0n) is 9.88. The summed E-state index contributed by atoms with van der Waals surface area (Å²) < 4.78 is 18.3. The number of aromatic nitrogens is 5. The van der Waals surface area contributed by atoms with E-state index in [2.05, 4.69) is 25.3 Å². The first kappa shape index (κ1) is 11.3. The van der Waals surface area contributed by atoms with Gasteiger partial charge in [0.05, 0.1) is 0 Å². The third-order valence-electron chi connectivity index (χ3n) is 2.43. The minimum absolute atomic E-state index is 0.0800. The molecule has 7 nitrogen and oxygen atoms in total. The number of nitrogens with two attached hydrogens (primary N) is 1. The van der Waals surface area contributed by atoms with Crippen molar-refractivity contribution in [2.24, 2.45) is 0 Å². The van der Waals surface area contributed by atoms with Crippen molar-refractivity contribution >= 4 is 5.95 Å². The summed E-state index contributed by atoms with van der Waals surface area (Å²) in [6.45, 7) is 1.78. The lowest BCUT2D eigenvalue weighted by Crippen LogP contribution is -1.86. The first-order valence-corrected chi connectivity index (χ1v) is 5.41. The molecular weight excluding hydrogens is 251 g/mol. The molecule has 0 radical (unpaired) electrons. The van der Waals surface area contributed by atoms with Gasteiger partial charge in [-0.15, -0.1) is 5.10 Å². The Balaban J connectivity index is 2.01. The van der Waals surface area contributed by atoms with Gasteiger partial charge in [-0.05, 0) is 30.7 Å². The number of hydrogen-bond donors (Lipinski definition) is 2. The predicted molar refractivity (Wildman–Crippen MR) is 64.2 cm³/mol. The fourth-order valence-corrected chi connectivity index (χ4v) is 1.67. The van der Waals surface area contributed by atoms with Crippen molar-refractivity contribution in [2.45, 2.75) is 6.92 Å². The molecular formula is C11H9FN6O. The number of aromatic amines is 1. The molecule has 3 aromatic rings. The van der Waals surface area contributed by atoms with E-state index in [1.807, 2.05) is 0 Å². The van der Waals surface area contributed by atoms with Gasteiger partial charge in [0.25, 0.3) is 5.89 Å². The highest BCUT2D eigenvalue weighted by Gasteiger charge is 2.14. The smallest absolute Gasteiger partial charge is 0.295 e. The van der Waals surface area contributed by atoms with E-state index >= 15 is 0 Å². The molecule has 0 saturated carbocycles. The second kappa shape index (κ2) is 4.16. The van der Waals surface area contributed by atoms with Gasteiger partial charge in [-0.25, -0.2) is 4.39 Å².